The molecule has 0 atom stereocenters. The number of hydrogen-bond acceptors (Lipinski definition) is 3. The highest BCUT2D eigenvalue weighted by Crippen LogP contribution is 2.12. The standard InChI is InChI=1S/C18H16FNO4/c19-16-11-15(17(21)22)9-8-14(16)7-4-10-20-18(23)24-12-13-5-2-1-3-6-13/h1-9,11H,10,12H2,(H,20,23)(H,21,22). The summed E-state index contributed by atoms with van der Waals surface area (Å²) in [4.78, 5) is 22.2. The van der Waals surface area contributed by atoms with E-state index in [0.717, 1.165) is 11.6 Å². The lowest BCUT2D eigenvalue weighted by molar-refractivity contribution is 0.0696. The zero-order chi connectivity index (χ0) is 17.4. The lowest BCUT2D eigenvalue weighted by Gasteiger charge is -2.05. The summed E-state index contributed by atoms with van der Waals surface area (Å²) in [5.74, 6) is -1.83. The van der Waals surface area contributed by atoms with Gasteiger partial charge in [-0.2, -0.15) is 0 Å². The summed E-state index contributed by atoms with van der Waals surface area (Å²) in [6, 6.07) is 12.9. The summed E-state index contributed by atoms with van der Waals surface area (Å²) in [6.07, 6.45) is 2.42. The van der Waals surface area contributed by atoms with Gasteiger partial charge in [0.25, 0.3) is 0 Å². The van der Waals surface area contributed by atoms with Crippen LogP contribution in [0.4, 0.5) is 9.18 Å². The molecule has 2 aromatic carbocycles. The van der Waals surface area contributed by atoms with Crippen molar-refractivity contribution >= 4 is 18.1 Å². The predicted molar refractivity (Wildman–Crippen MR) is 87.0 cm³/mol. The highest BCUT2D eigenvalue weighted by Gasteiger charge is 2.06. The van der Waals surface area contributed by atoms with Gasteiger partial charge in [0.05, 0.1) is 5.56 Å². The molecule has 0 radical (unpaired) electrons. The molecule has 24 heavy (non-hydrogen) atoms. The highest BCUT2D eigenvalue weighted by molar-refractivity contribution is 5.87. The molecule has 1 amide bonds. The van der Waals surface area contributed by atoms with Gasteiger partial charge in [-0.1, -0.05) is 48.6 Å². The molecule has 0 heterocycles. The molecular formula is C18H16FNO4. The van der Waals surface area contributed by atoms with Crippen LogP contribution in [0.5, 0.6) is 0 Å². The number of carboxylic acids is 1. The van der Waals surface area contributed by atoms with Crippen molar-refractivity contribution in [2.24, 2.45) is 0 Å². The number of benzene rings is 2. The third-order valence-electron chi connectivity index (χ3n) is 3.12. The SMILES string of the molecule is O=C(NCC=Cc1ccc(C(=O)O)cc1F)OCc1ccccc1. The zero-order valence-corrected chi connectivity index (χ0v) is 12.7. The van der Waals surface area contributed by atoms with Crippen molar-refractivity contribution in [3.05, 3.63) is 77.1 Å². The molecule has 5 nitrogen and oxygen atoms in total. The molecule has 0 bridgehead atoms. The van der Waals surface area contributed by atoms with Gasteiger partial charge in [0.1, 0.15) is 12.4 Å². The Balaban J connectivity index is 1.78. The smallest absolute Gasteiger partial charge is 0.407 e. The van der Waals surface area contributed by atoms with E-state index in [-0.39, 0.29) is 24.3 Å². The van der Waals surface area contributed by atoms with Crippen molar-refractivity contribution in [2.45, 2.75) is 6.61 Å². The van der Waals surface area contributed by atoms with Gasteiger partial charge >= 0.3 is 12.1 Å². The summed E-state index contributed by atoms with van der Waals surface area (Å²) in [5, 5.41) is 11.3. The van der Waals surface area contributed by atoms with Gasteiger partial charge < -0.3 is 15.2 Å². The fourth-order valence-electron chi connectivity index (χ4n) is 1.90. The van der Waals surface area contributed by atoms with Crippen LogP contribution in [-0.2, 0) is 11.3 Å². The van der Waals surface area contributed by atoms with E-state index in [2.05, 4.69) is 5.32 Å². The summed E-state index contributed by atoms with van der Waals surface area (Å²) in [5.41, 5.74) is 0.996. The van der Waals surface area contributed by atoms with Crippen molar-refractivity contribution in [1.82, 2.24) is 5.32 Å². The summed E-state index contributed by atoms with van der Waals surface area (Å²) >= 11 is 0. The lowest BCUT2D eigenvalue weighted by atomic mass is 10.1. The number of rotatable bonds is 6. The number of hydrogen-bond donors (Lipinski definition) is 2. The fourth-order valence-corrected chi connectivity index (χ4v) is 1.90. The van der Waals surface area contributed by atoms with Gasteiger partial charge in [-0.25, -0.2) is 14.0 Å². The quantitative estimate of drug-likeness (QED) is 0.851. The van der Waals surface area contributed by atoms with E-state index < -0.39 is 17.9 Å². The molecule has 2 N–H and O–H groups in total. The highest BCUT2D eigenvalue weighted by atomic mass is 19.1. The minimum atomic E-state index is -1.19. The molecular weight excluding hydrogens is 313 g/mol. The molecule has 0 aromatic heterocycles. The van der Waals surface area contributed by atoms with Crippen molar-refractivity contribution in [3.63, 3.8) is 0 Å². The second-order valence-electron chi connectivity index (χ2n) is 4.89. The van der Waals surface area contributed by atoms with E-state index in [1.165, 1.54) is 18.2 Å². The number of carbonyl (C=O) groups is 2. The Labute approximate surface area is 138 Å². The van der Waals surface area contributed by atoms with E-state index in [4.69, 9.17) is 9.84 Å². The Hall–Kier alpha value is -3.15. The van der Waals surface area contributed by atoms with Gasteiger partial charge in [0.2, 0.25) is 0 Å². The molecule has 0 aliphatic carbocycles. The topological polar surface area (TPSA) is 75.6 Å². The molecule has 2 rings (SSSR count). The third kappa shape index (κ3) is 5.24. The number of alkyl carbamates (subject to hydrolysis) is 1. The first-order valence-corrected chi connectivity index (χ1v) is 7.20. The Morgan fingerprint density at radius 1 is 1.17 bits per heavy atom. The van der Waals surface area contributed by atoms with Gasteiger partial charge in [-0.15, -0.1) is 0 Å². The van der Waals surface area contributed by atoms with Crippen LogP contribution in [-0.4, -0.2) is 23.7 Å². The van der Waals surface area contributed by atoms with Crippen LogP contribution in [0.1, 0.15) is 21.5 Å². The second kappa shape index (κ2) is 8.47. The normalized spacial score (nSPS) is 10.5. The van der Waals surface area contributed by atoms with Crippen LogP contribution in [0, 0.1) is 5.82 Å². The number of carboxylic acid groups (broad SMARTS) is 1. The van der Waals surface area contributed by atoms with Gasteiger partial charge in [0.15, 0.2) is 0 Å². The number of ether oxygens (including phenoxy) is 1. The van der Waals surface area contributed by atoms with E-state index in [1.54, 1.807) is 6.08 Å². The largest absolute Gasteiger partial charge is 0.478 e. The Morgan fingerprint density at radius 2 is 1.92 bits per heavy atom. The maximum atomic E-state index is 13.7. The van der Waals surface area contributed by atoms with Gasteiger partial charge in [-0.3, -0.25) is 0 Å². The van der Waals surface area contributed by atoms with Crippen molar-refractivity contribution < 1.29 is 23.8 Å². The Morgan fingerprint density at radius 3 is 2.58 bits per heavy atom. The fraction of sp³-hybridized carbons (Fsp3) is 0.111. The first kappa shape index (κ1) is 17.2. The van der Waals surface area contributed by atoms with E-state index in [0.29, 0.717) is 0 Å². The summed E-state index contributed by atoms with van der Waals surface area (Å²) in [7, 11) is 0. The molecule has 0 saturated carbocycles. The molecule has 0 aliphatic heterocycles. The zero-order valence-electron chi connectivity index (χ0n) is 12.7. The maximum Gasteiger partial charge on any atom is 0.407 e. The Bertz CT molecular complexity index is 744. The molecule has 124 valence electrons. The molecule has 6 heteroatoms. The van der Waals surface area contributed by atoms with Gasteiger partial charge in [-0.05, 0) is 17.7 Å². The maximum absolute atomic E-state index is 13.7. The number of aromatic carboxylic acids is 1. The van der Waals surface area contributed by atoms with Crippen LogP contribution >= 0.6 is 0 Å². The third-order valence-corrected chi connectivity index (χ3v) is 3.12. The molecule has 2 aromatic rings. The number of nitrogens with one attached hydrogen (secondary N) is 1. The minimum absolute atomic E-state index is 0.118. The van der Waals surface area contributed by atoms with Crippen LogP contribution < -0.4 is 5.32 Å². The van der Waals surface area contributed by atoms with Crippen LogP contribution in [0.25, 0.3) is 6.08 Å². The molecule has 0 spiro atoms. The van der Waals surface area contributed by atoms with Gasteiger partial charge in [0, 0.05) is 12.1 Å². The molecule has 0 unspecified atom stereocenters. The Kier molecular flexibility index (Phi) is 6.08. The van der Waals surface area contributed by atoms with Crippen LogP contribution in [0.3, 0.4) is 0 Å². The van der Waals surface area contributed by atoms with E-state index >= 15 is 0 Å². The van der Waals surface area contributed by atoms with E-state index in [1.807, 2.05) is 30.3 Å². The average Bonchev–Trinajstić information content (AvgIpc) is 2.58. The number of amides is 1. The average molecular weight is 329 g/mol. The summed E-state index contributed by atoms with van der Waals surface area (Å²) in [6.45, 7) is 0.329. The molecule has 0 saturated heterocycles. The minimum Gasteiger partial charge on any atom is -0.478 e. The van der Waals surface area contributed by atoms with Crippen LogP contribution in [0.15, 0.2) is 54.6 Å². The second-order valence-corrected chi connectivity index (χ2v) is 4.89. The monoisotopic (exact) mass is 329 g/mol. The molecule has 0 aliphatic rings. The van der Waals surface area contributed by atoms with Crippen molar-refractivity contribution in [2.75, 3.05) is 6.54 Å². The first-order chi connectivity index (χ1) is 11.6. The predicted octanol–water partition coefficient (Wildman–Crippen LogP) is 3.46. The first-order valence-electron chi connectivity index (χ1n) is 7.20. The van der Waals surface area contributed by atoms with E-state index in [9.17, 15) is 14.0 Å². The molecule has 0 fully saturated rings. The summed E-state index contributed by atoms with van der Waals surface area (Å²) < 4.78 is 18.7. The van der Waals surface area contributed by atoms with Crippen molar-refractivity contribution in [3.8, 4) is 0 Å². The number of halogens is 1. The van der Waals surface area contributed by atoms with Crippen molar-refractivity contribution in [1.29, 1.82) is 0 Å². The van der Waals surface area contributed by atoms with Crippen LogP contribution in [0.2, 0.25) is 0 Å². The lowest BCUT2D eigenvalue weighted by Crippen LogP contribution is -2.24. The number of carbonyl (C=O) groups excluding carboxylic acids is 1.